The van der Waals surface area contributed by atoms with Crippen LogP contribution < -0.4 is 5.32 Å². The maximum Gasteiger partial charge on any atom is 0.0454 e. The van der Waals surface area contributed by atoms with Crippen molar-refractivity contribution in [2.45, 2.75) is 25.3 Å². The Kier molecular flexibility index (Phi) is 6.10. The van der Waals surface area contributed by atoms with Crippen molar-refractivity contribution < 1.29 is 0 Å². The number of hydrogen-bond donors (Lipinski definition) is 1. The quantitative estimate of drug-likeness (QED) is 0.592. The molecule has 1 rings (SSSR count). The molecule has 16 heavy (non-hydrogen) atoms. The van der Waals surface area contributed by atoms with Crippen molar-refractivity contribution in [1.82, 2.24) is 5.32 Å². The molecule has 1 aromatic rings. The lowest BCUT2D eigenvalue weighted by Crippen LogP contribution is -2.16. The van der Waals surface area contributed by atoms with Crippen LogP contribution in [0.25, 0.3) is 0 Å². The fourth-order valence-corrected chi connectivity index (χ4v) is 2.33. The molecule has 0 heterocycles. The van der Waals surface area contributed by atoms with Gasteiger partial charge >= 0.3 is 0 Å². The Labute approximate surface area is 111 Å². The van der Waals surface area contributed by atoms with Crippen molar-refractivity contribution in [2.24, 2.45) is 0 Å². The maximum atomic E-state index is 6.20. The Morgan fingerprint density at radius 1 is 1.56 bits per heavy atom. The summed E-state index contributed by atoms with van der Waals surface area (Å²) in [6, 6.07) is 6.28. The molecule has 0 spiro atoms. The Morgan fingerprint density at radius 2 is 2.31 bits per heavy atom. The van der Waals surface area contributed by atoms with E-state index in [1.807, 2.05) is 25.3 Å². The van der Waals surface area contributed by atoms with Gasteiger partial charge in [-0.1, -0.05) is 33.6 Å². The van der Waals surface area contributed by atoms with Crippen LogP contribution in [-0.2, 0) is 0 Å². The molecule has 1 atom stereocenters. The molecule has 0 saturated heterocycles. The summed E-state index contributed by atoms with van der Waals surface area (Å²) < 4.78 is 1.07. The van der Waals surface area contributed by atoms with Crippen LogP contribution >= 0.6 is 27.5 Å². The first-order valence-electron chi connectivity index (χ1n) is 5.42. The fourth-order valence-electron chi connectivity index (χ4n) is 1.70. The number of benzene rings is 1. The van der Waals surface area contributed by atoms with E-state index < -0.39 is 0 Å². The summed E-state index contributed by atoms with van der Waals surface area (Å²) in [5, 5.41) is 4.13. The third kappa shape index (κ3) is 3.93. The van der Waals surface area contributed by atoms with Gasteiger partial charge in [0, 0.05) is 15.5 Å². The van der Waals surface area contributed by atoms with Crippen molar-refractivity contribution in [3.05, 3.63) is 45.9 Å². The predicted molar refractivity (Wildman–Crippen MR) is 75.0 cm³/mol. The number of nitrogens with one attached hydrogen (secondary N) is 1. The van der Waals surface area contributed by atoms with E-state index >= 15 is 0 Å². The lowest BCUT2D eigenvalue weighted by Gasteiger charge is -2.18. The second-order valence-electron chi connectivity index (χ2n) is 3.73. The van der Waals surface area contributed by atoms with Gasteiger partial charge in [0.1, 0.15) is 0 Å². The largest absolute Gasteiger partial charge is 0.313 e. The molecule has 1 unspecified atom stereocenters. The van der Waals surface area contributed by atoms with E-state index in [1.54, 1.807) is 0 Å². The minimum atomic E-state index is 0.310. The van der Waals surface area contributed by atoms with Gasteiger partial charge < -0.3 is 5.32 Å². The van der Waals surface area contributed by atoms with Crippen molar-refractivity contribution in [3.8, 4) is 0 Å². The maximum absolute atomic E-state index is 6.20. The molecule has 0 aliphatic heterocycles. The highest BCUT2D eigenvalue weighted by Gasteiger charge is 2.12. The predicted octanol–water partition coefficient (Wildman–Crippen LogP) is 4.72. The lowest BCUT2D eigenvalue weighted by molar-refractivity contribution is 0.530. The third-order valence-corrected chi connectivity index (χ3v) is 3.42. The van der Waals surface area contributed by atoms with Gasteiger partial charge in [-0.25, -0.2) is 0 Å². The average Bonchev–Trinajstić information content (AvgIpc) is 2.28. The van der Waals surface area contributed by atoms with Crippen LogP contribution in [0.2, 0.25) is 5.02 Å². The van der Waals surface area contributed by atoms with E-state index in [2.05, 4.69) is 33.9 Å². The Morgan fingerprint density at radius 3 is 2.94 bits per heavy atom. The van der Waals surface area contributed by atoms with E-state index in [0.717, 1.165) is 34.3 Å². The minimum absolute atomic E-state index is 0.310. The zero-order valence-electron chi connectivity index (χ0n) is 9.47. The Balaban J connectivity index is 2.77. The number of unbranched alkanes of at least 4 members (excludes halogenated alkanes) is 1. The molecular weight excluding hydrogens is 286 g/mol. The van der Waals surface area contributed by atoms with Crippen molar-refractivity contribution in [3.63, 3.8) is 0 Å². The SMILES string of the molecule is C=CCCCC(NC)c1cc(Br)ccc1Cl. The normalized spacial score (nSPS) is 12.4. The second kappa shape index (κ2) is 7.10. The summed E-state index contributed by atoms with van der Waals surface area (Å²) in [6.45, 7) is 3.73. The highest BCUT2D eigenvalue weighted by Crippen LogP contribution is 2.29. The second-order valence-corrected chi connectivity index (χ2v) is 5.05. The van der Waals surface area contributed by atoms with Gasteiger partial charge in [-0.2, -0.15) is 0 Å². The first-order valence-corrected chi connectivity index (χ1v) is 6.59. The average molecular weight is 303 g/mol. The Bertz CT molecular complexity index is 352. The van der Waals surface area contributed by atoms with Crippen molar-refractivity contribution >= 4 is 27.5 Å². The summed E-state index contributed by atoms with van der Waals surface area (Å²) in [5.41, 5.74) is 1.16. The smallest absolute Gasteiger partial charge is 0.0454 e. The third-order valence-electron chi connectivity index (χ3n) is 2.58. The molecule has 0 fully saturated rings. The van der Waals surface area contributed by atoms with Crippen molar-refractivity contribution in [2.75, 3.05) is 7.05 Å². The molecule has 0 aliphatic carbocycles. The molecule has 88 valence electrons. The van der Waals surface area contributed by atoms with Crippen LogP contribution in [0.3, 0.4) is 0 Å². The first kappa shape index (κ1) is 13.8. The van der Waals surface area contributed by atoms with Crippen LogP contribution in [0.4, 0.5) is 0 Å². The molecule has 0 aliphatic rings. The van der Waals surface area contributed by atoms with Crippen LogP contribution in [0, 0.1) is 0 Å². The van der Waals surface area contributed by atoms with E-state index in [1.165, 1.54) is 0 Å². The van der Waals surface area contributed by atoms with Crippen LogP contribution in [0.1, 0.15) is 30.9 Å². The molecule has 1 nitrogen and oxygen atoms in total. The van der Waals surface area contributed by atoms with Crippen LogP contribution in [0.5, 0.6) is 0 Å². The van der Waals surface area contributed by atoms with Crippen LogP contribution in [0.15, 0.2) is 35.3 Å². The van der Waals surface area contributed by atoms with E-state index in [4.69, 9.17) is 11.6 Å². The van der Waals surface area contributed by atoms with Gasteiger partial charge in [0.2, 0.25) is 0 Å². The molecule has 3 heteroatoms. The number of halogens is 2. The standard InChI is InChI=1S/C13H17BrClN/c1-3-4-5-6-13(16-2)11-9-10(14)7-8-12(11)15/h3,7-9,13,16H,1,4-6H2,2H3. The number of hydrogen-bond acceptors (Lipinski definition) is 1. The summed E-state index contributed by atoms with van der Waals surface area (Å²) in [5.74, 6) is 0. The molecule has 0 radical (unpaired) electrons. The molecule has 0 bridgehead atoms. The molecule has 1 aromatic carbocycles. The van der Waals surface area contributed by atoms with E-state index in [9.17, 15) is 0 Å². The number of rotatable bonds is 6. The summed E-state index contributed by atoms with van der Waals surface area (Å²) in [6.07, 6.45) is 5.19. The molecule has 0 aromatic heterocycles. The zero-order valence-corrected chi connectivity index (χ0v) is 11.8. The van der Waals surface area contributed by atoms with Gasteiger partial charge in [-0.05, 0) is 50.1 Å². The van der Waals surface area contributed by atoms with Gasteiger partial charge in [0.05, 0.1) is 0 Å². The topological polar surface area (TPSA) is 12.0 Å². The summed E-state index contributed by atoms with van der Waals surface area (Å²) in [7, 11) is 1.97. The van der Waals surface area contributed by atoms with E-state index in [-0.39, 0.29) is 0 Å². The first-order chi connectivity index (χ1) is 7.69. The molecule has 0 amide bonds. The molecule has 1 N–H and O–H groups in total. The lowest BCUT2D eigenvalue weighted by atomic mass is 10.0. The summed E-state index contributed by atoms with van der Waals surface area (Å²) >= 11 is 9.67. The zero-order chi connectivity index (χ0) is 12.0. The fraction of sp³-hybridized carbons (Fsp3) is 0.385. The van der Waals surface area contributed by atoms with Crippen molar-refractivity contribution in [1.29, 1.82) is 0 Å². The number of allylic oxidation sites excluding steroid dienone is 1. The van der Waals surface area contributed by atoms with Gasteiger partial charge in [0.15, 0.2) is 0 Å². The molecule has 0 saturated carbocycles. The van der Waals surface area contributed by atoms with E-state index in [0.29, 0.717) is 6.04 Å². The monoisotopic (exact) mass is 301 g/mol. The summed E-state index contributed by atoms with van der Waals surface area (Å²) in [4.78, 5) is 0. The van der Waals surface area contributed by atoms with Gasteiger partial charge in [-0.3, -0.25) is 0 Å². The van der Waals surface area contributed by atoms with Gasteiger partial charge in [-0.15, -0.1) is 6.58 Å². The highest BCUT2D eigenvalue weighted by molar-refractivity contribution is 9.10. The Hall–Kier alpha value is -0.310. The van der Waals surface area contributed by atoms with Gasteiger partial charge in [0.25, 0.3) is 0 Å². The molecular formula is C13H17BrClN. The minimum Gasteiger partial charge on any atom is -0.313 e. The van der Waals surface area contributed by atoms with Crippen LogP contribution in [-0.4, -0.2) is 7.05 Å². The highest BCUT2D eigenvalue weighted by atomic mass is 79.9.